The monoisotopic (exact) mass is 510 g/mol. The summed E-state index contributed by atoms with van der Waals surface area (Å²) >= 11 is 0. The summed E-state index contributed by atoms with van der Waals surface area (Å²) in [6.45, 7) is 3.77. The third-order valence-electron chi connectivity index (χ3n) is 5.95. The molecule has 0 aliphatic carbocycles. The smallest absolute Gasteiger partial charge is 0.407 e. The fourth-order valence-corrected chi connectivity index (χ4v) is 5.50. The lowest BCUT2D eigenvalue weighted by Crippen LogP contribution is -2.51. The van der Waals surface area contributed by atoms with Crippen molar-refractivity contribution in [3.63, 3.8) is 0 Å². The largest absolute Gasteiger partial charge is 0.465 e. The molecule has 0 aliphatic heterocycles. The second-order valence-corrected chi connectivity index (χ2v) is 11.0. The Bertz CT molecular complexity index is 1220. The maximum Gasteiger partial charge on any atom is 0.407 e. The lowest BCUT2D eigenvalue weighted by molar-refractivity contribution is 0.0469. The number of nitrogens with one attached hydrogen (secondary N) is 1. The molecule has 0 aliphatic rings. The van der Waals surface area contributed by atoms with Crippen LogP contribution >= 0.6 is 0 Å². The summed E-state index contributed by atoms with van der Waals surface area (Å²) in [4.78, 5) is 13.6. The lowest BCUT2D eigenvalue weighted by atomic mass is 9.99. The normalized spacial score (nSPS) is 13.3. The molecule has 0 saturated carbocycles. The van der Waals surface area contributed by atoms with E-state index in [1.54, 1.807) is 24.3 Å². The molecule has 3 rings (SSSR count). The van der Waals surface area contributed by atoms with Gasteiger partial charge >= 0.3 is 6.09 Å². The predicted octanol–water partition coefficient (Wildman–Crippen LogP) is 4.32. The maximum absolute atomic E-state index is 13.2. The zero-order chi connectivity index (χ0) is 26.1. The standard InChI is InChI=1S/C28H34N2O5S/c1-21(2)17-24-15-9-10-16-27(24)36(34,35)29-19-26(31)25(18-22-11-5-3-6-12-22)30(28(32)33)20-23-13-7-4-8-14-23/h3-16,21,25-26,29,31H,17-20H2,1-2H3,(H,32,33)/t25-,26+/m0/s1. The molecule has 0 saturated heterocycles. The number of aliphatic hydroxyl groups is 1. The number of rotatable bonds is 12. The number of benzene rings is 3. The highest BCUT2D eigenvalue weighted by atomic mass is 32.2. The third kappa shape index (κ3) is 7.65. The van der Waals surface area contributed by atoms with Crippen LogP contribution in [0.1, 0.15) is 30.5 Å². The second kappa shape index (κ2) is 12.7. The Balaban J connectivity index is 1.85. The Morgan fingerprint density at radius 2 is 1.42 bits per heavy atom. The topological polar surface area (TPSA) is 107 Å². The molecule has 0 unspecified atom stereocenters. The molecule has 0 bridgehead atoms. The van der Waals surface area contributed by atoms with E-state index < -0.39 is 28.3 Å². The van der Waals surface area contributed by atoms with E-state index >= 15 is 0 Å². The van der Waals surface area contributed by atoms with Gasteiger partial charge in [0, 0.05) is 13.1 Å². The molecule has 0 heterocycles. The van der Waals surface area contributed by atoms with Crippen LogP contribution in [-0.2, 0) is 29.4 Å². The van der Waals surface area contributed by atoms with Crippen molar-refractivity contribution in [2.45, 2.75) is 50.3 Å². The Labute approximate surface area is 213 Å². The molecular weight excluding hydrogens is 476 g/mol. The van der Waals surface area contributed by atoms with Gasteiger partial charge in [0.05, 0.1) is 17.0 Å². The molecule has 192 valence electrons. The van der Waals surface area contributed by atoms with E-state index in [0.29, 0.717) is 12.0 Å². The molecule has 2 atom stereocenters. The summed E-state index contributed by atoms with van der Waals surface area (Å²) in [5.74, 6) is 0.268. The van der Waals surface area contributed by atoms with Crippen molar-refractivity contribution in [1.82, 2.24) is 9.62 Å². The minimum Gasteiger partial charge on any atom is -0.465 e. The van der Waals surface area contributed by atoms with Crippen molar-refractivity contribution < 1.29 is 23.4 Å². The molecule has 8 heteroatoms. The summed E-state index contributed by atoms with van der Waals surface area (Å²) in [5.41, 5.74) is 2.31. The number of amides is 1. The van der Waals surface area contributed by atoms with E-state index in [4.69, 9.17) is 0 Å². The summed E-state index contributed by atoms with van der Waals surface area (Å²) in [5, 5.41) is 21.2. The van der Waals surface area contributed by atoms with Gasteiger partial charge in [0.15, 0.2) is 0 Å². The van der Waals surface area contributed by atoms with E-state index in [9.17, 15) is 23.4 Å². The quantitative estimate of drug-likeness (QED) is 0.337. The summed E-state index contributed by atoms with van der Waals surface area (Å²) in [7, 11) is -3.92. The Hall–Kier alpha value is -3.20. The summed E-state index contributed by atoms with van der Waals surface area (Å²) in [6, 6.07) is 24.3. The van der Waals surface area contributed by atoms with Crippen molar-refractivity contribution >= 4 is 16.1 Å². The van der Waals surface area contributed by atoms with Gasteiger partial charge in [-0.2, -0.15) is 0 Å². The van der Waals surface area contributed by atoms with Crippen molar-refractivity contribution in [3.05, 3.63) is 102 Å². The van der Waals surface area contributed by atoms with Gasteiger partial charge in [-0.1, -0.05) is 92.7 Å². The molecule has 3 aromatic rings. The molecule has 0 fully saturated rings. The van der Waals surface area contributed by atoms with Gasteiger partial charge in [-0.3, -0.25) is 4.90 Å². The van der Waals surface area contributed by atoms with Crippen LogP contribution in [0, 0.1) is 5.92 Å². The van der Waals surface area contributed by atoms with Gasteiger partial charge in [-0.05, 0) is 41.5 Å². The summed E-state index contributed by atoms with van der Waals surface area (Å²) in [6.07, 6.45) is -1.64. The number of hydrogen-bond acceptors (Lipinski definition) is 4. The van der Waals surface area contributed by atoms with Crippen LogP contribution in [0.15, 0.2) is 89.8 Å². The van der Waals surface area contributed by atoms with E-state index in [1.165, 1.54) is 4.90 Å². The average Bonchev–Trinajstić information content (AvgIpc) is 2.86. The zero-order valence-electron chi connectivity index (χ0n) is 20.6. The average molecular weight is 511 g/mol. The highest BCUT2D eigenvalue weighted by Gasteiger charge is 2.31. The van der Waals surface area contributed by atoms with Crippen LogP contribution < -0.4 is 4.72 Å². The fourth-order valence-electron chi connectivity index (χ4n) is 4.20. The number of carboxylic acid groups (broad SMARTS) is 1. The Morgan fingerprint density at radius 1 is 0.861 bits per heavy atom. The number of carbonyl (C=O) groups is 1. The lowest BCUT2D eigenvalue weighted by Gasteiger charge is -2.33. The van der Waals surface area contributed by atoms with Crippen LogP contribution in [0.5, 0.6) is 0 Å². The van der Waals surface area contributed by atoms with Gasteiger partial charge in [0.1, 0.15) is 0 Å². The van der Waals surface area contributed by atoms with Gasteiger partial charge in [-0.25, -0.2) is 17.9 Å². The first kappa shape index (κ1) is 27.4. The minimum absolute atomic E-state index is 0.0642. The second-order valence-electron chi connectivity index (χ2n) is 9.28. The van der Waals surface area contributed by atoms with Gasteiger partial charge < -0.3 is 10.2 Å². The van der Waals surface area contributed by atoms with Crippen molar-refractivity contribution in [3.8, 4) is 0 Å². The highest BCUT2D eigenvalue weighted by molar-refractivity contribution is 7.89. The minimum atomic E-state index is -3.92. The van der Waals surface area contributed by atoms with Crippen LogP contribution in [0.4, 0.5) is 4.79 Å². The molecule has 3 aromatic carbocycles. The number of nitrogens with zero attached hydrogens (tertiary/aromatic N) is 1. The van der Waals surface area contributed by atoms with Gasteiger partial charge in [0.25, 0.3) is 0 Å². The van der Waals surface area contributed by atoms with E-state index in [-0.39, 0.29) is 30.3 Å². The van der Waals surface area contributed by atoms with Crippen molar-refractivity contribution in [2.24, 2.45) is 5.92 Å². The molecule has 3 N–H and O–H groups in total. The molecule has 0 aromatic heterocycles. The van der Waals surface area contributed by atoms with E-state index in [0.717, 1.165) is 11.1 Å². The van der Waals surface area contributed by atoms with Crippen LogP contribution in [0.25, 0.3) is 0 Å². The maximum atomic E-state index is 13.2. The highest BCUT2D eigenvalue weighted by Crippen LogP contribution is 2.20. The molecule has 0 radical (unpaired) electrons. The molecule has 36 heavy (non-hydrogen) atoms. The SMILES string of the molecule is CC(C)Cc1ccccc1S(=O)(=O)NC[C@@H](O)[C@H](Cc1ccccc1)N(Cc1ccccc1)C(=O)O. The first-order chi connectivity index (χ1) is 17.2. The van der Waals surface area contributed by atoms with Gasteiger partial charge in [0.2, 0.25) is 10.0 Å². The Kier molecular flexibility index (Phi) is 9.64. The predicted molar refractivity (Wildman–Crippen MR) is 140 cm³/mol. The van der Waals surface area contributed by atoms with Crippen LogP contribution in [-0.4, -0.2) is 48.3 Å². The molecule has 1 amide bonds. The van der Waals surface area contributed by atoms with E-state index in [2.05, 4.69) is 4.72 Å². The van der Waals surface area contributed by atoms with Gasteiger partial charge in [-0.15, -0.1) is 0 Å². The van der Waals surface area contributed by atoms with Crippen LogP contribution in [0.2, 0.25) is 0 Å². The fraction of sp³-hybridized carbons (Fsp3) is 0.321. The number of sulfonamides is 1. The number of aliphatic hydroxyl groups excluding tert-OH is 1. The third-order valence-corrected chi connectivity index (χ3v) is 7.47. The van der Waals surface area contributed by atoms with Crippen molar-refractivity contribution in [1.29, 1.82) is 0 Å². The Morgan fingerprint density at radius 3 is 2.00 bits per heavy atom. The first-order valence-corrected chi connectivity index (χ1v) is 13.5. The first-order valence-electron chi connectivity index (χ1n) is 12.0. The molecule has 7 nitrogen and oxygen atoms in total. The number of hydrogen-bond donors (Lipinski definition) is 3. The summed E-state index contributed by atoms with van der Waals surface area (Å²) < 4.78 is 28.8. The van der Waals surface area contributed by atoms with Crippen LogP contribution in [0.3, 0.4) is 0 Å². The molecule has 0 spiro atoms. The van der Waals surface area contributed by atoms with E-state index in [1.807, 2.05) is 74.5 Å². The molecular formula is C28H34N2O5S. The zero-order valence-corrected chi connectivity index (χ0v) is 21.4. The van der Waals surface area contributed by atoms with Crippen molar-refractivity contribution in [2.75, 3.05) is 6.54 Å².